The number of thiophene rings is 1. The molecule has 1 aliphatic rings. The Bertz CT molecular complexity index is 849. The molecule has 3 rings (SSSR count). The Morgan fingerprint density at radius 1 is 1.19 bits per heavy atom. The average molecular weight is 412 g/mol. The molecule has 5 nitrogen and oxygen atoms in total. The maximum absolute atomic E-state index is 12.2. The molecule has 0 spiro atoms. The van der Waals surface area contributed by atoms with Gasteiger partial charge in [-0.15, -0.1) is 11.3 Å². The lowest BCUT2D eigenvalue weighted by Gasteiger charge is -2.36. The van der Waals surface area contributed by atoms with Gasteiger partial charge < -0.3 is 9.62 Å². The summed E-state index contributed by atoms with van der Waals surface area (Å²) in [6.45, 7) is 3.36. The molecule has 1 aromatic carbocycles. The number of anilines is 2. The normalized spacial score (nSPS) is 18.3. The van der Waals surface area contributed by atoms with Crippen LogP contribution in [0.15, 0.2) is 44.8 Å². The number of benzene rings is 1. The van der Waals surface area contributed by atoms with E-state index in [1.165, 1.54) is 52.5 Å². The molecular formula is C18H25N3O2S3. The molecule has 8 heteroatoms. The molecule has 1 fully saturated rings. The fourth-order valence-electron chi connectivity index (χ4n) is 3.05. The highest BCUT2D eigenvalue weighted by atomic mass is 32.3. The molecule has 1 aliphatic heterocycles. The van der Waals surface area contributed by atoms with E-state index in [1.54, 1.807) is 20.2 Å². The molecule has 1 aromatic heterocycles. The number of nitrogens with zero attached hydrogens (tertiary/aromatic N) is 2. The summed E-state index contributed by atoms with van der Waals surface area (Å²) in [5, 5.41) is 0. The largest absolute Gasteiger partial charge is 0.367 e. The molecule has 1 atom stereocenters. The van der Waals surface area contributed by atoms with E-state index in [9.17, 15) is 8.42 Å². The number of nitrogens with one attached hydrogen (secondary N) is 1. The molecule has 2 aromatic rings. The summed E-state index contributed by atoms with van der Waals surface area (Å²) in [4.78, 5) is 2.46. The minimum absolute atomic E-state index is 0.365. The van der Waals surface area contributed by atoms with Gasteiger partial charge in [0.15, 0.2) is 0 Å². The fourth-order valence-corrected chi connectivity index (χ4v) is 6.50. The van der Waals surface area contributed by atoms with Crippen LogP contribution >= 0.6 is 23.3 Å². The third-order valence-corrected chi connectivity index (χ3v) is 8.89. The van der Waals surface area contributed by atoms with Crippen molar-refractivity contribution in [3.63, 3.8) is 0 Å². The number of para-hydroxylation sites is 2. The van der Waals surface area contributed by atoms with E-state index in [1.807, 2.05) is 12.1 Å². The van der Waals surface area contributed by atoms with Crippen molar-refractivity contribution in [3.8, 4) is 0 Å². The lowest BCUT2D eigenvalue weighted by molar-refractivity contribution is 0.485. The van der Waals surface area contributed by atoms with Gasteiger partial charge in [0.25, 0.3) is 10.0 Å². The van der Waals surface area contributed by atoms with Gasteiger partial charge in [-0.1, -0.05) is 12.1 Å². The summed E-state index contributed by atoms with van der Waals surface area (Å²) in [6.07, 6.45) is 3.74. The van der Waals surface area contributed by atoms with E-state index in [4.69, 9.17) is 0 Å². The maximum atomic E-state index is 12.2. The first-order valence-electron chi connectivity index (χ1n) is 8.70. The number of hydrogen-bond donors (Lipinski definition) is 1. The third-order valence-electron chi connectivity index (χ3n) is 4.57. The average Bonchev–Trinajstić information content (AvgIpc) is 3.10. The van der Waals surface area contributed by atoms with Crippen molar-refractivity contribution < 1.29 is 8.42 Å². The van der Waals surface area contributed by atoms with Gasteiger partial charge in [0.05, 0.1) is 15.6 Å². The van der Waals surface area contributed by atoms with Gasteiger partial charge in [-0.2, -0.15) is 0 Å². The van der Waals surface area contributed by atoms with Gasteiger partial charge in [-0.05, 0) is 62.4 Å². The Morgan fingerprint density at radius 2 is 1.96 bits per heavy atom. The van der Waals surface area contributed by atoms with Gasteiger partial charge in [0.2, 0.25) is 0 Å². The van der Waals surface area contributed by atoms with Gasteiger partial charge in [0, 0.05) is 26.7 Å². The molecule has 142 valence electrons. The monoisotopic (exact) mass is 411 g/mol. The first-order valence-corrected chi connectivity index (χ1v) is 11.8. The molecular weight excluding hydrogens is 386 g/mol. The topological polar surface area (TPSA) is 52.7 Å². The number of rotatable bonds is 6. The highest BCUT2D eigenvalue weighted by molar-refractivity contribution is 8.02. The van der Waals surface area contributed by atoms with E-state index in [0.717, 1.165) is 16.4 Å². The van der Waals surface area contributed by atoms with Crippen molar-refractivity contribution >= 4 is 44.7 Å². The molecule has 0 radical (unpaired) electrons. The zero-order valence-corrected chi connectivity index (χ0v) is 17.8. The van der Waals surface area contributed by atoms with Crippen LogP contribution in [0.3, 0.4) is 0 Å². The van der Waals surface area contributed by atoms with Crippen molar-refractivity contribution in [1.29, 1.82) is 0 Å². The summed E-state index contributed by atoms with van der Waals surface area (Å²) in [5.41, 5.74) is 2.28. The van der Waals surface area contributed by atoms with Crippen LogP contribution in [-0.4, -0.2) is 39.4 Å². The zero-order valence-electron chi connectivity index (χ0n) is 15.3. The van der Waals surface area contributed by atoms with Crippen LogP contribution in [0.2, 0.25) is 0 Å². The Balaban J connectivity index is 1.74. The van der Waals surface area contributed by atoms with E-state index >= 15 is 0 Å². The van der Waals surface area contributed by atoms with Crippen LogP contribution in [0.5, 0.6) is 0 Å². The van der Waals surface area contributed by atoms with Crippen molar-refractivity contribution in [1.82, 2.24) is 4.31 Å². The van der Waals surface area contributed by atoms with E-state index in [0.29, 0.717) is 10.3 Å². The molecule has 0 saturated carbocycles. The summed E-state index contributed by atoms with van der Waals surface area (Å²) in [5.74, 6) is 0. The minimum Gasteiger partial charge on any atom is -0.367 e. The Kier molecular flexibility index (Phi) is 6.17. The molecule has 26 heavy (non-hydrogen) atoms. The molecule has 1 saturated heterocycles. The predicted octanol–water partition coefficient (Wildman–Crippen LogP) is 4.50. The lowest BCUT2D eigenvalue weighted by atomic mass is 10.0. The number of piperidine rings is 1. The second-order valence-corrected chi connectivity index (χ2v) is 11.2. The zero-order chi connectivity index (χ0) is 18.7. The van der Waals surface area contributed by atoms with Gasteiger partial charge in [0.1, 0.15) is 4.21 Å². The summed E-state index contributed by atoms with van der Waals surface area (Å²) < 4.78 is 30.4. The summed E-state index contributed by atoms with van der Waals surface area (Å²) >= 11 is 2.75. The minimum atomic E-state index is -3.37. The number of sulfonamides is 1. The Morgan fingerprint density at radius 3 is 2.69 bits per heavy atom. The fraction of sp³-hybridized carbons (Fsp3) is 0.444. The van der Waals surface area contributed by atoms with E-state index in [2.05, 4.69) is 34.7 Å². The Labute approximate surface area is 164 Å². The smallest absolute Gasteiger partial charge is 0.252 e. The molecule has 0 amide bonds. The van der Waals surface area contributed by atoms with Crippen LogP contribution in [0, 0.1) is 0 Å². The van der Waals surface area contributed by atoms with Crippen molar-refractivity contribution in [2.24, 2.45) is 0 Å². The van der Waals surface area contributed by atoms with Gasteiger partial charge in [-0.25, -0.2) is 12.7 Å². The third kappa shape index (κ3) is 4.19. The van der Waals surface area contributed by atoms with Crippen LogP contribution in [0.1, 0.15) is 26.2 Å². The van der Waals surface area contributed by atoms with Crippen molar-refractivity contribution in [2.45, 2.75) is 40.6 Å². The molecule has 0 bridgehead atoms. The van der Waals surface area contributed by atoms with E-state index < -0.39 is 10.0 Å². The molecule has 1 unspecified atom stereocenters. The van der Waals surface area contributed by atoms with Crippen LogP contribution in [-0.2, 0) is 10.0 Å². The Hall–Kier alpha value is -1.22. The first-order chi connectivity index (χ1) is 12.4. The van der Waals surface area contributed by atoms with Crippen molar-refractivity contribution in [2.75, 3.05) is 30.3 Å². The maximum Gasteiger partial charge on any atom is 0.252 e. The molecule has 0 aliphatic carbocycles. The van der Waals surface area contributed by atoms with Crippen LogP contribution in [0.4, 0.5) is 11.4 Å². The first kappa shape index (κ1) is 19.5. The van der Waals surface area contributed by atoms with Gasteiger partial charge in [-0.3, -0.25) is 0 Å². The summed E-state index contributed by atoms with van der Waals surface area (Å²) in [6, 6.07) is 12.4. The second kappa shape index (κ2) is 8.21. The molecule has 1 N–H and O–H groups in total. The standard InChI is InChI=1S/C18H25N3O2S3/c1-14-8-6-7-13-21(14)16-10-5-4-9-15(16)19-25-17-11-12-18(24-17)26(22,23)20(2)3/h4-5,9-12,14,19H,6-8,13H2,1-3H3. The molecule has 2 heterocycles. The summed E-state index contributed by atoms with van der Waals surface area (Å²) in [7, 11) is -0.266. The van der Waals surface area contributed by atoms with Crippen LogP contribution < -0.4 is 9.62 Å². The predicted molar refractivity (Wildman–Crippen MR) is 112 cm³/mol. The number of hydrogen-bond acceptors (Lipinski definition) is 6. The SMILES string of the molecule is CC1CCCCN1c1ccccc1NSc1ccc(S(=O)(=O)N(C)C)s1. The lowest BCUT2D eigenvalue weighted by Crippen LogP contribution is -2.37. The highest BCUT2D eigenvalue weighted by Crippen LogP contribution is 2.36. The quantitative estimate of drug-likeness (QED) is 0.710. The van der Waals surface area contributed by atoms with Gasteiger partial charge >= 0.3 is 0 Å². The van der Waals surface area contributed by atoms with Crippen molar-refractivity contribution in [3.05, 3.63) is 36.4 Å². The van der Waals surface area contributed by atoms with Crippen LogP contribution in [0.25, 0.3) is 0 Å². The van der Waals surface area contributed by atoms with E-state index in [-0.39, 0.29) is 0 Å². The second-order valence-electron chi connectivity index (χ2n) is 6.62. The highest BCUT2D eigenvalue weighted by Gasteiger charge is 2.22.